The van der Waals surface area contributed by atoms with Gasteiger partial charge in [0.15, 0.2) is 0 Å². The topological polar surface area (TPSA) is 76.7 Å². The summed E-state index contributed by atoms with van der Waals surface area (Å²) in [5, 5.41) is 5.39. The number of unbranched alkanes of at least 4 members (excludes halogenated alkanes) is 4. The molecule has 1 rings (SSSR count). The Bertz CT molecular complexity index is 508. The van der Waals surface area contributed by atoms with E-state index in [4.69, 9.17) is 9.47 Å². The van der Waals surface area contributed by atoms with E-state index in [1.807, 2.05) is 30.3 Å². The van der Waals surface area contributed by atoms with E-state index in [0.717, 1.165) is 24.8 Å². The normalized spacial score (nSPS) is 11.8. The van der Waals surface area contributed by atoms with Crippen LogP contribution in [0, 0.1) is 0 Å². The fraction of sp³-hybridized carbons (Fsp3) is 0.600. The summed E-state index contributed by atoms with van der Waals surface area (Å²) in [6.07, 6.45) is 5.80. The van der Waals surface area contributed by atoms with Crippen LogP contribution in [0.3, 0.4) is 0 Å². The minimum atomic E-state index is -0.725. The molecule has 0 radical (unpaired) electrons. The number of hydrogen-bond donors (Lipinski definition) is 2. The van der Waals surface area contributed by atoms with E-state index < -0.39 is 6.04 Å². The molecule has 2 N–H and O–H groups in total. The second-order valence-corrected chi connectivity index (χ2v) is 6.26. The maximum atomic E-state index is 12.2. The third-order valence-electron chi connectivity index (χ3n) is 3.95. The minimum absolute atomic E-state index is 0.0981. The van der Waals surface area contributed by atoms with E-state index in [2.05, 4.69) is 17.6 Å². The van der Waals surface area contributed by atoms with Gasteiger partial charge in [-0.25, -0.2) is 0 Å². The molecular formula is C20H32N2O4. The molecule has 0 saturated carbocycles. The summed E-state index contributed by atoms with van der Waals surface area (Å²) in [6.45, 7) is 2.76. The van der Waals surface area contributed by atoms with Crippen molar-refractivity contribution in [3.63, 3.8) is 0 Å². The van der Waals surface area contributed by atoms with Gasteiger partial charge in [-0.15, -0.1) is 0 Å². The smallest absolute Gasteiger partial charge is 0.246 e. The lowest BCUT2D eigenvalue weighted by atomic mass is 10.1. The van der Waals surface area contributed by atoms with Gasteiger partial charge in [0.25, 0.3) is 0 Å². The Morgan fingerprint density at radius 1 is 1.08 bits per heavy atom. The van der Waals surface area contributed by atoms with Crippen molar-refractivity contribution < 1.29 is 19.1 Å². The van der Waals surface area contributed by atoms with Crippen LogP contribution in [0.1, 0.15) is 51.0 Å². The molecule has 0 aromatic heterocycles. The maximum absolute atomic E-state index is 12.2. The van der Waals surface area contributed by atoms with Crippen molar-refractivity contribution in [3.05, 3.63) is 35.9 Å². The summed E-state index contributed by atoms with van der Waals surface area (Å²) in [6, 6.07) is 8.98. The van der Waals surface area contributed by atoms with Crippen LogP contribution in [-0.4, -0.2) is 38.3 Å². The zero-order valence-corrected chi connectivity index (χ0v) is 16.0. The summed E-state index contributed by atoms with van der Waals surface area (Å²) < 4.78 is 10.5. The second kappa shape index (κ2) is 14.3. The molecule has 26 heavy (non-hydrogen) atoms. The third kappa shape index (κ3) is 10.2. The summed E-state index contributed by atoms with van der Waals surface area (Å²) >= 11 is 0. The van der Waals surface area contributed by atoms with Crippen molar-refractivity contribution in [2.75, 3.05) is 20.4 Å². The average molecular weight is 364 g/mol. The van der Waals surface area contributed by atoms with Gasteiger partial charge in [-0.05, 0) is 12.0 Å². The standard InChI is InChI=1S/C20H32N2O4/c1-3-4-5-6-10-13-19(23)22-18(20(24)21-16-25-2)15-26-14-17-11-8-7-9-12-17/h7-9,11-12,18H,3-6,10,13-16H2,1-2H3,(H,21,24)(H,22,23)/t18-/m0/s1. The molecule has 0 heterocycles. The van der Waals surface area contributed by atoms with E-state index in [1.54, 1.807) is 0 Å². The number of hydrogen-bond acceptors (Lipinski definition) is 4. The molecule has 146 valence electrons. The van der Waals surface area contributed by atoms with Crippen molar-refractivity contribution in [1.29, 1.82) is 0 Å². The summed E-state index contributed by atoms with van der Waals surface area (Å²) in [5.74, 6) is -0.429. The molecule has 0 fully saturated rings. The van der Waals surface area contributed by atoms with Crippen molar-refractivity contribution in [2.45, 2.75) is 58.1 Å². The van der Waals surface area contributed by atoms with Crippen molar-refractivity contribution in [3.8, 4) is 0 Å². The molecule has 0 aliphatic carbocycles. The molecule has 6 heteroatoms. The van der Waals surface area contributed by atoms with Gasteiger partial charge < -0.3 is 20.1 Å². The van der Waals surface area contributed by atoms with Crippen molar-refractivity contribution >= 4 is 11.8 Å². The van der Waals surface area contributed by atoms with E-state index in [0.29, 0.717) is 13.0 Å². The highest BCUT2D eigenvalue weighted by atomic mass is 16.5. The van der Waals surface area contributed by atoms with Crippen molar-refractivity contribution in [2.24, 2.45) is 0 Å². The third-order valence-corrected chi connectivity index (χ3v) is 3.95. The van der Waals surface area contributed by atoms with Gasteiger partial charge in [0, 0.05) is 13.5 Å². The molecular weight excluding hydrogens is 332 g/mol. The van der Waals surface area contributed by atoms with Gasteiger partial charge in [-0.2, -0.15) is 0 Å². The van der Waals surface area contributed by atoms with Gasteiger partial charge in [0.1, 0.15) is 12.8 Å². The number of ether oxygens (including phenoxy) is 2. The molecule has 0 unspecified atom stereocenters. The number of nitrogens with one attached hydrogen (secondary N) is 2. The van der Waals surface area contributed by atoms with Crippen LogP contribution >= 0.6 is 0 Å². The highest BCUT2D eigenvalue weighted by molar-refractivity contribution is 5.87. The Morgan fingerprint density at radius 3 is 2.50 bits per heavy atom. The predicted octanol–water partition coefficient (Wildman–Crippen LogP) is 2.77. The van der Waals surface area contributed by atoms with Crippen LogP contribution in [0.4, 0.5) is 0 Å². The van der Waals surface area contributed by atoms with Gasteiger partial charge in [0.05, 0.1) is 13.2 Å². The largest absolute Gasteiger partial charge is 0.374 e. The Hall–Kier alpha value is -1.92. The summed E-state index contributed by atoms with van der Waals surface area (Å²) in [5.41, 5.74) is 1.02. The first-order valence-corrected chi connectivity index (χ1v) is 9.35. The number of rotatable bonds is 14. The van der Waals surface area contributed by atoms with Crippen LogP contribution < -0.4 is 10.6 Å². The number of carbonyl (C=O) groups excluding carboxylic acids is 2. The first kappa shape index (κ1) is 22.1. The van der Waals surface area contributed by atoms with Gasteiger partial charge in [-0.1, -0.05) is 62.9 Å². The monoisotopic (exact) mass is 364 g/mol. The average Bonchev–Trinajstić information content (AvgIpc) is 2.66. The lowest BCUT2D eigenvalue weighted by Crippen LogP contribution is -2.49. The van der Waals surface area contributed by atoms with Gasteiger partial charge >= 0.3 is 0 Å². The lowest BCUT2D eigenvalue weighted by molar-refractivity contribution is -0.131. The molecule has 0 bridgehead atoms. The second-order valence-electron chi connectivity index (χ2n) is 6.26. The quantitative estimate of drug-likeness (QED) is 0.393. The van der Waals surface area contributed by atoms with E-state index >= 15 is 0 Å². The highest BCUT2D eigenvalue weighted by Gasteiger charge is 2.20. The molecule has 1 aromatic rings. The fourth-order valence-electron chi connectivity index (χ4n) is 2.47. The Morgan fingerprint density at radius 2 is 1.81 bits per heavy atom. The Labute approximate surface area is 156 Å². The summed E-state index contributed by atoms with van der Waals surface area (Å²) in [4.78, 5) is 24.3. The number of amides is 2. The van der Waals surface area contributed by atoms with E-state index in [1.165, 1.54) is 20.0 Å². The molecule has 1 aromatic carbocycles. The molecule has 0 spiro atoms. The number of methoxy groups -OCH3 is 1. The molecule has 2 amide bonds. The zero-order chi connectivity index (χ0) is 19.0. The predicted molar refractivity (Wildman–Crippen MR) is 101 cm³/mol. The SMILES string of the molecule is CCCCCCCC(=O)N[C@@H](COCc1ccccc1)C(=O)NCOC. The first-order chi connectivity index (χ1) is 12.7. The minimum Gasteiger partial charge on any atom is -0.374 e. The molecule has 0 aliphatic heterocycles. The zero-order valence-electron chi connectivity index (χ0n) is 16.0. The van der Waals surface area contributed by atoms with Crippen LogP contribution in [-0.2, 0) is 25.7 Å². The summed E-state index contributed by atoms with van der Waals surface area (Å²) in [7, 11) is 1.50. The van der Waals surface area contributed by atoms with Gasteiger partial charge in [0.2, 0.25) is 11.8 Å². The number of carbonyl (C=O) groups is 2. The fourth-order valence-corrected chi connectivity index (χ4v) is 2.47. The van der Waals surface area contributed by atoms with Crippen molar-refractivity contribution in [1.82, 2.24) is 10.6 Å². The Kier molecular flexibility index (Phi) is 12.1. The molecule has 0 saturated heterocycles. The van der Waals surface area contributed by atoms with Crippen LogP contribution in [0.15, 0.2) is 30.3 Å². The number of benzene rings is 1. The van der Waals surface area contributed by atoms with E-state index in [9.17, 15) is 9.59 Å². The first-order valence-electron chi connectivity index (χ1n) is 9.35. The van der Waals surface area contributed by atoms with Crippen LogP contribution in [0.25, 0.3) is 0 Å². The maximum Gasteiger partial charge on any atom is 0.246 e. The highest BCUT2D eigenvalue weighted by Crippen LogP contribution is 2.05. The molecule has 0 aliphatic rings. The molecule has 1 atom stereocenters. The van der Waals surface area contributed by atoms with Gasteiger partial charge in [-0.3, -0.25) is 9.59 Å². The molecule has 6 nitrogen and oxygen atoms in total. The van der Waals surface area contributed by atoms with Crippen LogP contribution in [0.2, 0.25) is 0 Å². The van der Waals surface area contributed by atoms with E-state index in [-0.39, 0.29) is 25.2 Å². The Balaban J connectivity index is 2.41. The lowest BCUT2D eigenvalue weighted by Gasteiger charge is -2.18. The van der Waals surface area contributed by atoms with Crippen LogP contribution in [0.5, 0.6) is 0 Å².